The molecular weight excluding hydrogens is 380 g/mol. The highest BCUT2D eigenvalue weighted by Gasteiger charge is 2.30. The fraction of sp³-hybridized carbons (Fsp3) is 0.250. The van der Waals surface area contributed by atoms with Crippen LogP contribution in [0.2, 0.25) is 5.02 Å². The maximum absolute atomic E-state index is 12.3. The van der Waals surface area contributed by atoms with Gasteiger partial charge in [0.25, 0.3) is 0 Å². The number of halogens is 1. The molecule has 1 heterocycles. The van der Waals surface area contributed by atoms with Crippen LogP contribution in [0, 0.1) is 6.92 Å². The second kappa shape index (κ2) is 7.74. The van der Waals surface area contributed by atoms with Gasteiger partial charge in [-0.2, -0.15) is 0 Å². The lowest BCUT2D eigenvalue weighted by atomic mass is 10.2. The maximum atomic E-state index is 12.3. The van der Waals surface area contributed by atoms with E-state index in [0.29, 0.717) is 21.8 Å². The van der Waals surface area contributed by atoms with Crippen LogP contribution in [-0.2, 0) is 4.79 Å². The van der Waals surface area contributed by atoms with Crippen molar-refractivity contribution in [2.24, 2.45) is 0 Å². The van der Waals surface area contributed by atoms with Crippen molar-refractivity contribution in [1.82, 2.24) is 14.8 Å². The molecule has 0 atom stereocenters. The first-order chi connectivity index (χ1) is 13.1. The average molecular weight is 399 g/mol. The number of anilines is 1. The number of hydrogen-bond acceptors (Lipinski definition) is 4. The predicted molar refractivity (Wildman–Crippen MR) is 109 cm³/mol. The SMILES string of the molecule is Cc1ccc(NC(=O)CSc2nc(C3CC3)n(-c3ccccc3)n2)c(Cl)c1. The lowest BCUT2D eigenvalue weighted by Gasteiger charge is -2.07. The minimum absolute atomic E-state index is 0.130. The van der Waals surface area contributed by atoms with Gasteiger partial charge in [0.2, 0.25) is 11.1 Å². The summed E-state index contributed by atoms with van der Waals surface area (Å²) in [5.74, 6) is 1.54. The van der Waals surface area contributed by atoms with Gasteiger partial charge in [-0.1, -0.05) is 47.6 Å². The van der Waals surface area contributed by atoms with E-state index >= 15 is 0 Å². The quantitative estimate of drug-likeness (QED) is 0.603. The molecule has 1 fully saturated rings. The van der Waals surface area contributed by atoms with Crippen LogP contribution in [0.5, 0.6) is 0 Å². The summed E-state index contributed by atoms with van der Waals surface area (Å²) in [6.07, 6.45) is 2.28. The molecular formula is C20H19ClN4OS. The number of benzene rings is 2. The van der Waals surface area contributed by atoms with Crippen molar-refractivity contribution < 1.29 is 4.79 Å². The molecule has 0 radical (unpaired) electrons. The van der Waals surface area contributed by atoms with Crippen molar-refractivity contribution in [1.29, 1.82) is 0 Å². The van der Waals surface area contributed by atoms with Crippen LogP contribution in [0.1, 0.15) is 30.1 Å². The van der Waals surface area contributed by atoms with Crippen LogP contribution in [-0.4, -0.2) is 26.4 Å². The first kappa shape index (κ1) is 18.1. The lowest BCUT2D eigenvalue weighted by molar-refractivity contribution is -0.113. The third-order valence-corrected chi connectivity index (χ3v) is 5.44. The highest BCUT2D eigenvalue weighted by atomic mass is 35.5. The minimum atomic E-state index is -0.130. The van der Waals surface area contributed by atoms with E-state index in [0.717, 1.165) is 29.9 Å². The molecule has 1 aliphatic carbocycles. The molecule has 0 saturated heterocycles. The number of rotatable bonds is 6. The van der Waals surface area contributed by atoms with E-state index in [2.05, 4.69) is 15.4 Å². The Hall–Kier alpha value is -2.31. The average Bonchev–Trinajstić information content (AvgIpc) is 3.42. The smallest absolute Gasteiger partial charge is 0.234 e. The van der Waals surface area contributed by atoms with E-state index in [-0.39, 0.29) is 11.7 Å². The molecule has 27 heavy (non-hydrogen) atoms. The summed E-state index contributed by atoms with van der Waals surface area (Å²) in [6.45, 7) is 1.96. The Kier molecular flexibility index (Phi) is 5.18. The Morgan fingerprint density at radius 3 is 2.74 bits per heavy atom. The molecule has 1 saturated carbocycles. The second-order valence-electron chi connectivity index (χ2n) is 6.59. The Morgan fingerprint density at radius 2 is 2.04 bits per heavy atom. The number of carbonyl (C=O) groups is 1. The Bertz CT molecular complexity index is 969. The summed E-state index contributed by atoms with van der Waals surface area (Å²) in [6, 6.07) is 15.5. The second-order valence-corrected chi connectivity index (χ2v) is 7.94. The zero-order valence-corrected chi connectivity index (χ0v) is 16.4. The van der Waals surface area contributed by atoms with E-state index in [1.54, 1.807) is 0 Å². The zero-order valence-electron chi connectivity index (χ0n) is 14.9. The number of thioether (sulfide) groups is 1. The van der Waals surface area contributed by atoms with Crippen LogP contribution in [0.4, 0.5) is 5.69 Å². The van der Waals surface area contributed by atoms with Gasteiger partial charge in [0, 0.05) is 5.92 Å². The molecule has 0 spiro atoms. The van der Waals surface area contributed by atoms with Crippen molar-refractivity contribution in [3.63, 3.8) is 0 Å². The number of nitrogens with one attached hydrogen (secondary N) is 1. The van der Waals surface area contributed by atoms with Crippen molar-refractivity contribution in [2.75, 3.05) is 11.1 Å². The molecule has 1 aromatic heterocycles. The molecule has 1 N–H and O–H groups in total. The van der Waals surface area contributed by atoms with Gasteiger partial charge in [0.05, 0.1) is 22.2 Å². The van der Waals surface area contributed by atoms with Gasteiger partial charge >= 0.3 is 0 Å². The fourth-order valence-electron chi connectivity index (χ4n) is 2.77. The largest absolute Gasteiger partial charge is 0.324 e. The Balaban J connectivity index is 1.44. The van der Waals surface area contributed by atoms with Crippen LogP contribution < -0.4 is 5.32 Å². The van der Waals surface area contributed by atoms with Crippen molar-refractivity contribution in [3.8, 4) is 5.69 Å². The van der Waals surface area contributed by atoms with E-state index in [1.807, 2.05) is 60.1 Å². The van der Waals surface area contributed by atoms with Gasteiger partial charge in [0.15, 0.2) is 0 Å². The summed E-state index contributed by atoms with van der Waals surface area (Å²) in [7, 11) is 0. The molecule has 3 aromatic rings. The van der Waals surface area contributed by atoms with Gasteiger partial charge < -0.3 is 5.32 Å². The predicted octanol–water partition coefficient (Wildman–Crippen LogP) is 4.84. The van der Waals surface area contributed by atoms with E-state index in [4.69, 9.17) is 11.6 Å². The summed E-state index contributed by atoms with van der Waals surface area (Å²) in [4.78, 5) is 16.9. The van der Waals surface area contributed by atoms with Crippen LogP contribution in [0.3, 0.4) is 0 Å². The van der Waals surface area contributed by atoms with E-state index in [1.165, 1.54) is 11.8 Å². The molecule has 1 aliphatic rings. The van der Waals surface area contributed by atoms with Crippen molar-refractivity contribution >= 4 is 35.0 Å². The standard InChI is InChI=1S/C20H19ClN4OS/c1-13-7-10-17(16(21)11-13)22-18(26)12-27-20-23-19(14-8-9-14)25(24-20)15-5-3-2-4-6-15/h2-7,10-11,14H,8-9,12H2,1H3,(H,22,26). The molecule has 138 valence electrons. The maximum Gasteiger partial charge on any atom is 0.234 e. The number of nitrogens with zero attached hydrogens (tertiary/aromatic N) is 3. The van der Waals surface area contributed by atoms with Crippen LogP contribution in [0.15, 0.2) is 53.7 Å². The van der Waals surface area contributed by atoms with Gasteiger partial charge in [-0.3, -0.25) is 4.79 Å². The normalized spacial score (nSPS) is 13.6. The zero-order chi connectivity index (χ0) is 18.8. The van der Waals surface area contributed by atoms with Gasteiger partial charge in [-0.05, 0) is 49.6 Å². The van der Waals surface area contributed by atoms with Gasteiger partial charge in [-0.25, -0.2) is 9.67 Å². The lowest BCUT2D eigenvalue weighted by Crippen LogP contribution is -2.14. The van der Waals surface area contributed by atoms with E-state index < -0.39 is 0 Å². The summed E-state index contributed by atoms with van der Waals surface area (Å²) in [5, 5.41) is 8.61. The summed E-state index contributed by atoms with van der Waals surface area (Å²) in [5.41, 5.74) is 2.67. The third-order valence-electron chi connectivity index (χ3n) is 4.29. The number of aryl methyl sites for hydroxylation is 1. The Labute approximate surface area is 167 Å². The van der Waals surface area contributed by atoms with E-state index in [9.17, 15) is 4.79 Å². The molecule has 0 aliphatic heterocycles. The molecule has 0 bridgehead atoms. The van der Waals surface area contributed by atoms with Crippen LogP contribution in [0.25, 0.3) is 5.69 Å². The summed E-state index contributed by atoms with van der Waals surface area (Å²) >= 11 is 7.51. The molecule has 2 aromatic carbocycles. The topological polar surface area (TPSA) is 59.8 Å². The summed E-state index contributed by atoms with van der Waals surface area (Å²) < 4.78 is 1.90. The third kappa shape index (κ3) is 4.34. The van der Waals surface area contributed by atoms with Crippen molar-refractivity contribution in [2.45, 2.75) is 30.8 Å². The minimum Gasteiger partial charge on any atom is -0.324 e. The fourth-order valence-corrected chi connectivity index (χ4v) is 3.68. The van der Waals surface area contributed by atoms with Gasteiger partial charge in [0.1, 0.15) is 5.82 Å². The molecule has 1 amide bonds. The van der Waals surface area contributed by atoms with Gasteiger partial charge in [-0.15, -0.1) is 5.10 Å². The van der Waals surface area contributed by atoms with Crippen molar-refractivity contribution in [3.05, 3.63) is 64.9 Å². The molecule has 5 nitrogen and oxygen atoms in total. The first-order valence-electron chi connectivity index (χ1n) is 8.81. The number of aromatic nitrogens is 3. The number of amides is 1. The molecule has 7 heteroatoms. The number of carbonyl (C=O) groups excluding carboxylic acids is 1. The monoisotopic (exact) mass is 398 g/mol. The molecule has 4 rings (SSSR count). The number of hydrogen-bond donors (Lipinski definition) is 1. The van der Waals surface area contributed by atoms with Crippen LogP contribution >= 0.6 is 23.4 Å². The highest BCUT2D eigenvalue weighted by Crippen LogP contribution is 2.40. The highest BCUT2D eigenvalue weighted by molar-refractivity contribution is 7.99. The number of para-hydroxylation sites is 1. The first-order valence-corrected chi connectivity index (χ1v) is 10.2. The Morgan fingerprint density at radius 1 is 1.26 bits per heavy atom. The molecule has 0 unspecified atom stereocenters.